The Bertz CT molecular complexity index is 922. The first kappa shape index (κ1) is 17.2. The maximum atomic E-state index is 11.6. The Morgan fingerprint density at radius 3 is 2.41 bits per heavy atom. The number of anilines is 1. The van der Waals surface area contributed by atoms with Gasteiger partial charge in [-0.15, -0.1) is 0 Å². The van der Waals surface area contributed by atoms with Crippen LogP contribution < -0.4 is 10.1 Å². The molecular formula is C23H21NO3. The van der Waals surface area contributed by atoms with Crippen LogP contribution in [0.4, 0.5) is 5.69 Å². The van der Waals surface area contributed by atoms with Crippen LogP contribution in [-0.2, 0) is 4.79 Å². The molecule has 1 aliphatic rings. The van der Waals surface area contributed by atoms with E-state index in [1.807, 2.05) is 48.5 Å². The number of hydrogen-bond donors (Lipinski definition) is 2. The van der Waals surface area contributed by atoms with Gasteiger partial charge in [0.15, 0.2) is 0 Å². The van der Waals surface area contributed by atoms with Crippen LogP contribution in [0.15, 0.2) is 78.9 Å². The van der Waals surface area contributed by atoms with Crippen LogP contribution in [0.2, 0.25) is 0 Å². The molecule has 27 heavy (non-hydrogen) atoms. The van der Waals surface area contributed by atoms with E-state index >= 15 is 0 Å². The van der Waals surface area contributed by atoms with Gasteiger partial charge in [-0.3, -0.25) is 0 Å². The quantitative estimate of drug-likeness (QED) is 0.684. The van der Waals surface area contributed by atoms with Crippen molar-refractivity contribution in [3.8, 4) is 5.75 Å². The smallest absolute Gasteiger partial charge is 0.349 e. The Hall–Kier alpha value is -3.27. The van der Waals surface area contributed by atoms with E-state index in [0.29, 0.717) is 17.2 Å². The van der Waals surface area contributed by atoms with Gasteiger partial charge in [-0.25, -0.2) is 4.79 Å². The van der Waals surface area contributed by atoms with Crippen LogP contribution in [-0.4, -0.2) is 17.6 Å². The molecule has 1 heterocycles. The van der Waals surface area contributed by atoms with Gasteiger partial charge in [-0.1, -0.05) is 60.7 Å². The van der Waals surface area contributed by atoms with Gasteiger partial charge in [0.1, 0.15) is 5.75 Å². The minimum Gasteiger partial charge on any atom is -0.478 e. The number of carboxylic acid groups (broad SMARTS) is 1. The number of ether oxygens (including phenoxy) is 1. The lowest BCUT2D eigenvalue weighted by atomic mass is 9.85. The van der Waals surface area contributed by atoms with Crippen LogP contribution in [0, 0.1) is 0 Å². The summed E-state index contributed by atoms with van der Waals surface area (Å²) in [4.78, 5) is 11.6. The van der Waals surface area contributed by atoms with Crippen molar-refractivity contribution < 1.29 is 14.6 Å². The van der Waals surface area contributed by atoms with Crippen molar-refractivity contribution in [3.05, 3.63) is 95.6 Å². The maximum Gasteiger partial charge on any atom is 0.349 e. The summed E-state index contributed by atoms with van der Waals surface area (Å²) in [6.45, 7) is 0.940. The molecule has 3 aromatic carbocycles. The number of carboxylic acids is 1. The Morgan fingerprint density at radius 1 is 0.963 bits per heavy atom. The molecule has 2 unspecified atom stereocenters. The molecule has 3 aromatic rings. The molecule has 2 atom stereocenters. The number of benzene rings is 3. The second-order valence-corrected chi connectivity index (χ2v) is 6.67. The van der Waals surface area contributed by atoms with Crippen molar-refractivity contribution in [2.75, 3.05) is 11.9 Å². The van der Waals surface area contributed by atoms with Crippen LogP contribution in [0.1, 0.15) is 35.1 Å². The minimum atomic E-state index is -1.02. The molecule has 0 saturated heterocycles. The van der Waals surface area contributed by atoms with E-state index in [2.05, 4.69) is 23.5 Å². The molecule has 1 aliphatic heterocycles. The first-order valence-electron chi connectivity index (χ1n) is 9.09. The van der Waals surface area contributed by atoms with E-state index in [0.717, 1.165) is 13.0 Å². The van der Waals surface area contributed by atoms with Gasteiger partial charge in [0.25, 0.3) is 0 Å². The number of para-hydroxylation sites is 1. The van der Waals surface area contributed by atoms with Gasteiger partial charge in [-0.2, -0.15) is 0 Å². The Labute approximate surface area is 158 Å². The normalized spacial score (nSPS) is 16.7. The van der Waals surface area contributed by atoms with E-state index in [-0.39, 0.29) is 0 Å². The highest BCUT2D eigenvalue weighted by Gasteiger charge is 2.23. The van der Waals surface area contributed by atoms with Crippen LogP contribution in [0.5, 0.6) is 5.75 Å². The van der Waals surface area contributed by atoms with Gasteiger partial charge in [-0.05, 0) is 35.7 Å². The summed E-state index contributed by atoms with van der Waals surface area (Å²) in [7, 11) is 0. The van der Waals surface area contributed by atoms with Gasteiger partial charge in [0, 0.05) is 23.7 Å². The summed E-state index contributed by atoms with van der Waals surface area (Å²) in [5.74, 6) is -0.115. The van der Waals surface area contributed by atoms with E-state index in [1.165, 1.54) is 16.8 Å². The van der Waals surface area contributed by atoms with Crippen molar-refractivity contribution in [3.63, 3.8) is 0 Å². The summed E-state index contributed by atoms with van der Waals surface area (Å²) < 4.78 is 5.76. The largest absolute Gasteiger partial charge is 0.478 e. The van der Waals surface area contributed by atoms with Crippen molar-refractivity contribution in [2.24, 2.45) is 0 Å². The van der Waals surface area contributed by atoms with Gasteiger partial charge in [0.2, 0.25) is 6.10 Å². The van der Waals surface area contributed by atoms with E-state index in [9.17, 15) is 9.90 Å². The Kier molecular flexibility index (Phi) is 4.79. The molecule has 0 aliphatic carbocycles. The van der Waals surface area contributed by atoms with Crippen LogP contribution in [0.3, 0.4) is 0 Å². The number of nitrogens with one attached hydrogen (secondary N) is 1. The molecule has 4 nitrogen and oxygen atoms in total. The Morgan fingerprint density at radius 2 is 1.67 bits per heavy atom. The summed E-state index contributed by atoms with van der Waals surface area (Å²) in [6, 6.07) is 25.2. The average molecular weight is 359 g/mol. The van der Waals surface area contributed by atoms with Crippen molar-refractivity contribution in [2.45, 2.75) is 18.4 Å². The zero-order chi connectivity index (χ0) is 18.6. The molecule has 0 spiro atoms. The zero-order valence-corrected chi connectivity index (χ0v) is 14.8. The standard InChI is InChI=1S/C23H21NO3/c25-23(26)22(17-6-2-1-3-7-17)27-18-12-10-16(11-13-18)19-14-15-24-21-9-5-4-8-20(19)21/h1-13,19,22,24H,14-15H2,(H,25,26). The van der Waals surface area contributed by atoms with Gasteiger partial charge < -0.3 is 15.2 Å². The van der Waals surface area contributed by atoms with E-state index in [4.69, 9.17) is 4.74 Å². The molecule has 2 N–H and O–H groups in total. The highest BCUT2D eigenvalue weighted by Crippen LogP contribution is 2.37. The number of fused-ring (bicyclic) bond motifs is 1. The third-order valence-electron chi connectivity index (χ3n) is 4.95. The zero-order valence-electron chi connectivity index (χ0n) is 14.8. The second kappa shape index (κ2) is 7.54. The summed E-state index contributed by atoms with van der Waals surface area (Å²) in [5, 5.41) is 13.0. The van der Waals surface area contributed by atoms with Gasteiger partial charge >= 0.3 is 5.97 Å². The molecular weight excluding hydrogens is 338 g/mol. The fourth-order valence-electron chi connectivity index (χ4n) is 3.62. The SMILES string of the molecule is O=C(O)C(Oc1ccc(C2CCNc3ccccc32)cc1)c1ccccc1. The first-order chi connectivity index (χ1) is 13.2. The molecule has 4 rings (SSSR count). The molecule has 0 fully saturated rings. The van der Waals surface area contributed by atoms with E-state index in [1.54, 1.807) is 12.1 Å². The fraction of sp³-hybridized carbons (Fsp3) is 0.174. The Balaban J connectivity index is 1.55. The monoisotopic (exact) mass is 359 g/mol. The van der Waals surface area contributed by atoms with Gasteiger partial charge in [0.05, 0.1) is 0 Å². The first-order valence-corrected chi connectivity index (χ1v) is 9.09. The molecule has 0 bridgehead atoms. The van der Waals surface area contributed by atoms with Crippen molar-refractivity contribution in [1.82, 2.24) is 0 Å². The van der Waals surface area contributed by atoms with Crippen LogP contribution in [0.25, 0.3) is 0 Å². The topological polar surface area (TPSA) is 58.6 Å². The number of carbonyl (C=O) groups is 1. The minimum absolute atomic E-state index is 0.334. The molecule has 0 saturated carbocycles. The average Bonchev–Trinajstić information content (AvgIpc) is 2.72. The lowest BCUT2D eigenvalue weighted by Crippen LogP contribution is -2.18. The predicted molar refractivity (Wildman–Crippen MR) is 105 cm³/mol. The number of aliphatic carboxylic acids is 1. The summed E-state index contributed by atoms with van der Waals surface area (Å²) in [5.41, 5.74) is 4.32. The number of hydrogen-bond acceptors (Lipinski definition) is 3. The lowest BCUT2D eigenvalue weighted by molar-refractivity contribution is -0.145. The summed E-state index contributed by atoms with van der Waals surface area (Å²) in [6.07, 6.45) is 0.00978. The van der Waals surface area contributed by atoms with Crippen molar-refractivity contribution >= 4 is 11.7 Å². The highest BCUT2D eigenvalue weighted by atomic mass is 16.5. The third-order valence-corrected chi connectivity index (χ3v) is 4.95. The molecule has 0 aromatic heterocycles. The molecule has 136 valence electrons. The third kappa shape index (κ3) is 3.65. The highest BCUT2D eigenvalue weighted by molar-refractivity contribution is 5.74. The molecule has 0 radical (unpaired) electrons. The van der Waals surface area contributed by atoms with Crippen molar-refractivity contribution in [1.29, 1.82) is 0 Å². The lowest BCUT2D eigenvalue weighted by Gasteiger charge is -2.27. The molecule has 0 amide bonds. The second-order valence-electron chi connectivity index (χ2n) is 6.67. The summed E-state index contributed by atoms with van der Waals surface area (Å²) >= 11 is 0. The van der Waals surface area contributed by atoms with Crippen LogP contribution >= 0.6 is 0 Å². The predicted octanol–water partition coefficient (Wildman–Crippen LogP) is 4.84. The fourth-order valence-corrected chi connectivity index (χ4v) is 3.62. The molecule has 4 heteroatoms. The maximum absolute atomic E-state index is 11.6. The number of rotatable bonds is 5. The van der Waals surface area contributed by atoms with E-state index < -0.39 is 12.1 Å².